The van der Waals surface area contributed by atoms with Gasteiger partial charge < -0.3 is 9.80 Å². The zero-order valence-electron chi connectivity index (χ0n) is 18.9. The van der Waals surface area contributed by atoms with Crippen molar-refractivity contribution in [2.24, 2.45) is 5.92 Å². The highest BCUT2D eigenvalue weighted by molar-refractivity contribution is 5.92. The average molecular weight is 395 g/mol. The van der Waals surface area contributed by atoms with Gasteiger partial charge in [0.15, 0.2) is 0 Å². The number of likely N-dealkylation sites (tertiary alicyclic amines) is 1. The van der Waals surface area contributed by atoms with Gasteiger partial charge in [-0.15, -0.1) is 0 Å². The number of hydrogen-bond acceptors (Lipinski definition) is 2. The van der Waals surface area contributed by atoms with Crippen molar-refractivity contribution in [1.82, 2.24) is 4.90 Å². The number of nitrogens with zero attached hydrogens (tertiary/aromatic N) is 2. The maximum absolute atomic E-state index is 12.0. The molecule has 1 amide bonds. The number of carbonyl (C=O) groups is 1. The van der Waals surface area contributed by atoms with E-state index in [-0.39, 0.29) is 5.91 Å². The molecule has 2 heterocycles. The Labute approximate surface area is 177 Å². The maximum atomic E-state index is 12.0. The lowest BCUT2D eigenvalue weighted by Gasteiger charge is -2.27. The number of carbonyl (C=O) groups excluding carboxylic acids is 1. The van der Waals surface area contributed by atoms with Crippen LogP contribution in [-0.4, -0.2) is 30.9 Å². The predicted octanol–water partition coefficient (Wildman–Crippen LogP) is 5.71. The smallest absolute Gasteiger partial charge is 0.224 e. The molecule has 0 unspecified atom stereocenters. The molecule has 2 aromatic rings. The molecule has 29 heavy (non-hydrogen) atoms. The lowest BCUT2D eigenvalue weighted by molar-refractivity contribution is -0.116. The van der Waals surface area contributed by atoms with Crippen molar-refractivity contribution in [2.45, 2.75) is 59.9 Å². The minimum absolute atomic E-state index is 0.101. The summed E-state index contributed by atoms with van der Waals surface area (Å²) < 4.78 is 0. The number of amides is 1. The first-order valence-corrected chi connectivity index (χ1v) is 11.2. The minimum Gasteiger partial charge on any atom is -0.308 e. The second kappa shape index (κ2) is 11.8. The quantitative estimate of drug-likeness (QED) is 0.571. The van der Waals surface area contributed by atoms with E-state index in [1.165, 1.54) is 42.6 Å². The van der Waals surface area contributed by atoms with Crippen LogP contribution < -0.4 is 4.90 Å². The number of hydrogen-bond donors (Lipinski definition) is 0. The summed E-state index contributed by atoms with van der Waals surface area (Å²) in [6.45, 7) is 11.3. The van der Waals surface area contributed by atoms with Crippen molar-refractivity contribution >= 4 is 11.6 Å². The number of rotatable bonds is 0. The van der Waals surface area contributed by atoms with E-state index >= 15 is 0 Å². The zero-order valence-corrected chi connectivity index (χ0v) is 18.9. The number of benzene rings is 2. The van der Waals surface area contributed by atoms with E-state index in [0.29, 0.717) is 6.54 Å². The van der Waals surface area contributed by atoms with E-state index in [9.17, 15) is 4.79 Å². The molecule has 0 N–H and O–H groups in total. The van der Waals surface area contributed by atoms with Crippen LogP contribution in [0.3, 0.4) is 0 Å². The first-order valence-electron chi connectivity index (χ1n) is 11.2. The molecular weight excluding hydrogens is 356 g/mol. The second-order valence-corrected chi connectivity index (χ2v) is 7.99. The SMILES string of the molecule is CC.CC(=O)N1Cc2ccccc2CCc2ccccc21.CC1CCN(C)CC1. The van der Waals surface area contributed by atoms with Crippen LogP contribution >= 0.6 is 0 Å². The molecule has 3 nitrogen and oxygen atoms in total. The van der Waals surface area contributed by atoms with E-state index < -0.39 is 0 Å². The topological polar surface area (TPSA) is 23.6 Å². The Bertz CT molecular complexity index is 753. The molecule has 2 aromatic carbocycles. The van der Waals surface area contributed by atoms with Crippen molar-refractivity contribution in [1.29, 1.82) is 0 Å². The van der Waals surface area contributed by atoms with E-state index in [4.69, 9.17) is 0 Å². The van der Waals surface area contributed by atoms with Gasteiger partial charge in [0, 0.05) is 12.6 Å². The maximum Gasteiger partial charge on any atom is 0.224 e. The molecule has 0 radical (unpaired) electrons. The van der Waals surface area contributed by atoms with Crippen LogP contribution in [0.2, 0.25) is 0 Å². The first kappa shape index (κ1) is 23.2. The Kier molecular flexibility index (Phi) is 9.40. The van der Waals surface area contributed by atoms with Gasteiger partial charge >= 0.3 is 0 Å². The summed E-state index contributed by atoms with van der Waals surface area (Å²) in [6.07, 6.45) is 4.82. The van der Waals surface area contributed by atoms with Crippen LogP contribution in [0.15, 0.2) is 48.5 Å². The number of anilines is 1. The third-order valence-corrected chi connectivity index (χ3v) is 5.78. The summed E-state index contributed by atoms with van der Waals surface area (Å²) in [7, 11) is 2.20. The van der Waals surface area contributed by atoms with Gasteiger partial charge in [-0.05, 0) is 74.5 Å². The highest BCUT2D eigenvalue weighted by Crippen LogP contribution is 2.28. The van der Waals surface area contributed by atoms with Gasteiger partial charge in [0.2, 0.25) is 5.91 Å². The molecular formula is C26H38N2O. The number of para-hydroxylation sites is 1. The van der Waals surface area contributed by atoms with E-state index in [0.717, 1.165) is 24.4 Å². The van der Waals surface area contributed by atoms with Crippen LogP contribution in [-0.2, 0) is 24.2 Å². The molecule has 3 heteroatoms. The Balaban J connectivity index is 0.000000252. The Morgan fingerprint density at radius 1 is 0.862 bits per heavy atom. The molecule has 4 rings (SSSR count). The van der Waals surface area contributed by atoms with Gasteiger partial charge in [-0.2, -0.15) is 0 Å². The lowest BCUT2D eigenvalue weighted by Crippen LogP contribution is -2.30. The molecule has 0 spiro atoms. The van der Waals surface area contributed by atoms with Crippen molar-refractivity contribution in [3.05, 3.63) is 65.2 Å². The summed E-state index contributed by atoms with van der Waals surface area (Å²) in [5.74, 6) is 1.08. The monoisotopic (exact) mass is 394 g/mol. The Hall–Kier alpha value is -2.13. The first-order chi connectivity index (χ1) is 14.0. The van der Waals surface area contributed by atoms with Gasteiger partial charge in [0.05, 0.1) is 6.54 Å². The molecule has 2 aliphatic rings. The second-order valence-electron chi connectivity index (χ2n) is 7.99. The molecule has 1 saturated heterocycles. The van der Waals surface area contributed by atoms with Crippen molar-refractivity contribution < 1.29 is 4.79 Å². The van der Waals surface area contributed by atoms with Crippen LogP contribution in [0.5, 0.6) is 0 Å². The van der Waals surface area contributed by atoms with Crippen molar-refractivity contribution in [3.8, 4) is 0 Å². The van der Waals surface area contributed by atoms with Crippen LogP contribution in [0.1, 0.15) is 57.2 Å². The zero-order chi connectivity index (χ0) is 21.2. The van der Waals surface area contributed by atoms with Crippen molar-refractivity contribution in [2.75, 3.05) is 25.0 Å². The predicted molar refractivity (Wildman–Crippen MR) is 124 cm³/mol. The fourth-order valence-corrected chi connectivity index (χ4v) is 3.88. The van der Waals surface area contributed by atoms with Crippen LogP contribution in [0.25, 0.3) is 0 Å². The molecule has 0 aromatic heterocycles. The third-order valence-electron chi connectivity index (χ3n) is 5.78. The minimum atomic E-state index is 0.101. The summed E-state index contributed by atoms with van der Waals surface area (Å²) >= 11 is 0. The highest BCUT2D eigenvalue weighted by Gasteiger charge is 2.19. The summed E-state index contributed by atoms with van der Waals surface area (Å²) in [5.41, 5.74) is 4.92. The largest absolute Gasteiger partial charge is 0.308 e. The van der Waals surface area contributed by atoms with Crippen LogP contribution in [0, 0.1) is 5.92 Å². The Morgan fingerprint density at radius 2 is 1.38 bits per heavy atom. The molecule has 0 bridgehead atoms. The van der Waals surface area contributed by atoms with E-state index in [1.807, 2.05) is 43.0 Å². The lowest BCUT2D eigenvalue weighted by atomic mass is 9.95. The van der Waals surface area contributed by atoms with Crippen molar-refractivity contribution in [3.63, 3.8) is 0 Å². The number of piperidine rings is 1. The van der Waals surface area contributed by atoms with E-state index in [1.54, 1.807) is 6.92 Å². The average Bonchev–Trinajstić information content (AvgIpc) is 2.73. The number of fused-ring (bicyclic) bond motifs is 2. The molecule has 0 aliphatic carbocycles. The molecule has 2 aliphatic heterocycles. The molecule has 1 fully saturated rings. The normalized spacial score (nSPS) is 16.7. The fourth-order valence-electron chi connectivity index (χ4n) is 3.88. The van der Waals surface area contributed by atoms with Gasteiger partial charge in [-0.1, -0.05) is 63.2 Å². The summed E-state index contributed by atoms with van der Waals surface area (Å²) in [6, 6.07) is 16.6. The Morgan fingerprint density at radius 3 is 1.97 bits per heavy atom. The van der Waals surface area contributed by atoms with Crippen LogP contribution in [0.4, 0.5) is 5.69 Å². The standard InChI is InChI=1S/C17H17NO.C7H15N.C2H6/c1-13(19)18-12-16-8-3-2-6-14(16)10-11-15-7-4-5-9-17(15)18;1-7-3-5-8(2)6-4-7;1-2/h2-9H,10-12H2,1H3;7H,3-6H2,1-2H3;1-2H3. The summed E-state index contributed by atoms with van der Waals surface area (Å²) in [4.78, 5) is 16.2. The molecule has 0 saturated carbocycles. The third kappa shape index (κ3) is 6.71. The number of aryl methyl sites for hydroxylation is 2. The molecule has 0 atom stereocenters. The highest BCUT2D eigenvalue weighted by atomic mass is 16.2. The van der Waals surface area contributed by atoms with Gasteiger partial charge in [-0.3, -0.25) is 4.79 Å². The van der Waals surface area contributed by atoms with Gasteiger partial charge in [0.25, 0.3) is 0 Å². The van der Waals surface area contributed by atoms with Gasteiger partial charge in [-0.25, -0.2) is 0 Å². The summed E-state index contributed by atoms with van der Waals surface area (Å²) in [5, 5.41) is 0. The fraction of sp³-hybridized carbons (Fsp3) is 0.500. The molecule has 158 valence electrons. The van der Waals surface area contributed by atoms with Gasteiger partial charge in [0.1, 0.15) is 0 Å². The van der Waals surface area contributed by atoms with E-state index in [2.05, 4.69) is 43.1 Å².